The van der Waals surface area contributed by atoms with E-state index in [4.69, 9.17) is 14.8 Å². The molecule has 0 amide bonds. The number of rotatable bonds is 9. The maximum atomic E-state index is 12.2. The van der Waals surface area contributed by atoms with Crippen molar-refractivity contribution in [3.8, 4) is 5.75 Å². The highest BCUT2D eigenvalue weighted by Crippen LogP contribution is 2.44. The Morgan fingerprint density at radius 2 is 2.03 bits per heavy atom. The first kappa shape index (κ1) is 24.1. The summed E-state index contributed by atoms with van der Waals surface area (Å²) in [4.78, 5) is 4.83. The molecule has 2 aliphatic rings. The smallest absolute Gasteiger partial charge is 0.214 e. The van der Waals surface area contributed by atoms with E-state index in [1.807, 2.05) is 45.2 Å². The molecule has 0 aromatic heterocycles. The molecule has 2 atom stereocenters. The van der Waals surface area contributed by atoms with E-state index in [2.05, 4.69) is 22.2 Å². The second kappa shape index (κ2) is 10.0. The van der Waals surface area contributed by atoms with Crippen molar-refractivity contribution in [1.82, 2.24) is 4.72 Å². The zero-order valence-electron chi connectivity index (χ0n) is 19.2. The first-order chi connectivity index (χ1) is 15.8. The highest BCUT2D eigenvalue weighted by Gasteiger charge is 2.32. The predicted octanol–water partition coefficient (Wildman–Crippen LogP) is 3.65. The molecule has 0 spiro atoms. The Balaban J connectivity index is 1.51. The number of nitrogens with zero attached hydrogens (tertiary/aromatic N) is 1. The van der Waals surface area contributed by atoms with Crippen LogP contribution in [-0.4, -0.2) is 50.6 Å². The van der Waals surface area contributed by atoms with E-state index >= 15 is 0 Å². The lowest BCUT2D eigenvalue weighted by Gasteiger charge is -2.17. The molecule has 0 saturated heterocycles. The Morgan fingerprint density at radius 3 is 2.76 bits per heavy atom. The van der Waals surface area contributed by atoms with Gasteiger partial charge in [-0.2, -0.15) is 0 Å². The summed E-state index contributed by atoms with van der Waals surface area (Å²) in [6.07, 6.45) is 1.66. The molecule has 0 fully saturated rings. The molecule has 178 valence electrons. The first-order valence-corrected chi connectivity index (χ1v) is 13.8. The van der Waals surface area contributed by atoms with Crippen LogP contribution >= 0.6 is 11.8 Å². The van der Waals surface area contributed by atoms with Crippen LogP contribution in [0.25, 0.3) is 0 Å². The molecular weight excluding hydrogens is 458 g/mol. The van der Waals surface area contributed by atoms with Crippen molar-refractivity contribution in [1.29, 1.82) is 0 Å². The summed E-state index contributed by atoms with van der Waals surface area (Å²) in [7, 11) is -1.61. The minimum Gasteiger partial charge on any atom is -0.489 e. The Morgan fingerprint density at radius 1 is 1.24 bits per heavy atom. The molecule has 0 bridgehead atoms. The number of fused-ring (bicyclic) bond motifs is 1. The molecule has 1 aliphatic heterocycles. The van der Waals surface area contributed by atoms with Gasteiger partial charge in [-0.1, -0.05) is 30.0 Å². The third kappa shape index (κ3) is 5.37. The van der Waals surface area contributed by atoms with E-state index in [0.29, 0.717) is 6.54 Å². The highest BCUT2D eigenvalue weighted by atomic mass is 32.2. The fraction of sp³-hybridized carbons (Fsp3) is 0.458. The van der Waals surface area contributed by atoms with Gasteiger partial charge in [-0.05, 0) is 61.6 Å². The van der Waals surface area contributed by atoms with Crippen molar-refractivity contribution in [3.05, 3.63) is 58.7 Å². The van der Waals surface area contributed by atoms with Gasteiger partial charge >= 0.3 is 0 Å². The van der Waals surface area contributed by atoms with Gasteiger partial charge in [0.05, 0.1) is 41.0 Å². The number of aliphatic hydroxyl groups excluding tert-OH is 1. The lowest BCUT2D eigenvalue weighted by molar-refractivity contribution is 0.243. The first-order valence-electron chi connectivity index (χ1n) is 11.2. The van der Waals surface area contributed by atoms with E-state index in [-0.39, 0.29) is 29.8 Å². The molecule has 2 aromatic rings. The molecule has 33 heavy (non-hydrogen) atoms. The largest absolute Gasteiger partial charge is 0.489 e. The molecule has 4 rings (SSSR count). The summed E-state index contributed by atoms with van der Waals surface area (Å²) in [5.41, 5.74) is 5.49. The van der Waals surface area contributed by atoms with Crippen molar-refractivity contribution >= 4 is 32.5 Å². The molecule has 1 aliphatic carbocycles. The van der Waals surface area contributed by atoms with Crippen LogP contribution in [0, 0.1) is 0 Å². The molecule has 0 saturated carbocycles. The van der Waals surface area contributed by atoms with Gasteiger partial charge in [-0.3, -0.25) is 4.99 Å². The van der Waals surface area contributed by atoms with Gasteiger partial charge < -0.3 is 15.2 Å². The second-order valence-corrected chi connectivity index (χ2v) is 11.6. The van der Waals surface area contributed by atoms with E-state index in [0.717, 1.165) is 40.4 Å². The van der Waals surface area contributed by atoms with Crippen LogP contribution in [0.1, 0.15) is 53.8 Å². The molecule has 2 unspecified atom stereocenters. The minimum absolute atomic E-state index is 0.0997. The monoisotopic (exact) mass is 489 g/mol. The van der Waals surface area contributed by atoms with Gasteiger partial charge in [0.1, 0.15) is 5.75 Å². The van der Waals surface area contributed by atoms with Gasteiger partial charge in [0.25, 0.3) is 0 Å². The number of thioether (sulfide) groups is 1. The van der Waals surface area contributed by atoms with Crippen LogP contribution < -0.4 is 14.8 Å². The van der Waals surface area contributed by atoms with Crippen LogP contribution in [0.5, 0.6) is 5.75 Å². The Bertz CT molecular complexity index is 1150. The van der Waals surface area contributed by atoms with Crippen LogP contribution in [0.3, 0.4) is 0 Å². The molecule has 3 N–H and O–H groups in total. The van der Waals surface area contributed by atoms with Gasteiger partial charge in [0.15, 0.2) is 0 Å². The van der Waals surface area contributed by atoms with Gasteiger partial charge in [-0.25, -0.2) is 13.1 Å². The topological polar surface area (TPSA) is 100 Å². The van der Waals surface area contributed by atoms with E-state index in [9.17, 15) is 8.42 Å². The molecule has 2 aromatic carbocycles. The minimum atomic E-state index is -3.50. The van der Waals surface area contributed by atoms with Crippen LogP contribution in [0.4, 0.5) is 5.69 Å². The lowest BCUT2D eigenvalue weighted by atomic mass is 10.00. The van der Waals surface area contributed by atoms with E-state index < -0.39 is 10.0 Å². The standard InChI is InChI=1S/C24H31N3O4S2/c1-15(2)31-22-10-7-16(13-21(22)25-3)24-26-14-23(32-24)19-6-4-5-18-17(19)8-9-20(18)27-33(29,30)12-11-28/h4-7,10,13,15,20,23,25,27-28H,8-9,11-12,14H2,1-3H3. The normalized spacial score (nSPS) is 20.1. The Kier molecular flexibility index (Phi) is 7.33. The highest BCUT2D eigenvalue weighted by molar-refractivity contribution is 8.14. The summed E-state index contributed by atoms with van der Waals surface area (Å²) < 4.78 is 33.0. The number of hydrogen-bond donors (Lipinski definition) is 3. The summed E-state index contributed by atoms with van der Waals surface area (Å²) in [6.45, 7) is 4.33. The van der Waals surface area contributed by atoms with Crippen LogP contribution in [0.2, 0.25) is 0 Å². The average molecular weight is 490 g/mol. The molecular formula is C24H31N3O4S2. The van der Waals surface area contributed by atoms with Crippen molar-refractivity contribution in [2.75, 3.05) is 31.3 Å². The van der Waals surface area contributed by atoms with Crippen molar-refractivity contribution < 1.29 is 18.3 Å². The summed E-state index contributed by atoms with van der Waals surface area (Å²) in [5.74, 6) is 0.552. The Labute approximate surface area is 200 Å². The van der Waals surface area contributed by atoms with Crippen LogP contribution in [-0.2, 0) is 16.4 Å². The number of aliphatic hydroxyl groups is 1. The fourth-order valence-electron chi connectivity index (χ4n) is 4.41. The van der Waals surface area contributed by atoms with Crippen molar-refractivity contribution in [3.63, 3.8) is 0 Å². The average Bonchev–Trinajstić information content (AvgIpc) is 3.41. The number of nitrogens with one attached hydrogen (secondary N) is 2. The number of aliphatic imine (C=N–C) groups is 1. The van der Waals surface area contributed by atoms with E-state index in [1.54, 1.807) is 11.8 Å². The number of sulfonamides is 1. The van der Waals surface area contributed by atoms with Gasteiger partial charge in [0, 0.05) is 18.7 Å². The number of ether oxygens (including phenoxy) is 1. The second-order valence-electron chi connectivity index (χ2n) is 8.55. The van der Waals surface area contributed by atoms with E-state index in [1.165, 1.54) is 11.1 Å². The number of anilines is 1. The fourth-order valence-corrected chi connectivity index (χ4v) is 6.63. The Hall–Kier alpha value is -2.07. The number of benzene rings is 2. The maximum Gasteiger partial charge on any atom is 0.214 e. The molecule has 7 nitrogen and oxygen atoms in total. The zero-order valence-corrected chi connectivity index (χ0v) is 20.8. The van der Waals surface area contributed by atoms with Crippen LogP contribution in [0.15, 0.2) is 41.4 Å². The maximum absolute atomic E-state index is 12.2. The summed E-state index contributed by atoms with van der Waals surface area (Å²) >= 11 is 1.75. The predicted molar refractivity (Wildman–Crippen MR) is 135 cm³/mol. The van der Waals surface area contributed by atoms with Gasteiger partial charge in [-0.15, -0.1) is 0 Å². The molecule has 0 radical (unpaired) electrons. The van der Waals surface area contributed by atoms with Crippen molar-refractivity contribution in [2.24, 2.45) is 4.99 Å². The lowest BCUT2D eigenvalue weighted by Crippen LogP contribution is -2.30. The molecule has 1 heterocycles. The quantitative estimate of drug-likeness (QED) is 0.497. The number of hydrogen-bond acceptors (Lipinski definition) is 7. The van der Waals surface area contributed by atoms with Crippen molar-refractivity contribution in [2.45, 2.75) is 44.1 Å². The van der Waals surface area contributed by atoms with Gasteiger partial charge in [0.2, 0.25) is 10.0 Å². The summed E-state index contributed by atoms with van der Waals surface area (Å²) in [5, 5.41) is 13.4. The SMILES string of the molecule is CNc1cc(C2=NCC(c3cccc4c3CCC4NS(=O)(=O)CCO)S2)ccc1OC(C)C. The zero-order chi connectivity index (χ0) is 23.6. The summed E-state index contributed by atoms with van der Waals surface area (Å²) in [6, 6.07) is 12.0. The third-order valence-electron chi connectivity index (χ3n) is 5.85. The third-order valence-corrected chi connectivity index (χ3v) is 8.49. The molecule has 9 heteroatoms.